The number of carboxylic acid groups (broad SMARTS) is 1. The summed E-state index contributed by atoms with van der Waals surface area (Å²) in [6.07, 6.45) is 0. The lowest BCUT2D eigenvalue weighted by molar-refractivity contribution is -0.113. The number of rotatable bonds is 3. The highest BCUT2D eigenvalue weighted by Crippen LogP contribution is 2.18. The molecule has 2 N–H and O–H groups in total. The van der Waals surface area contributed by atoms with Gasteiger partial charge in [-0.2, -0.15) is 0 Å². The van der Waals surface area contributed by atoms with Crippen molar-refractivity contribution in [3.8, 4) is 0 Å². The van der Waals surface area contributed by atoms with E-state index in [1.54, 1.807) is 19.1 Å². The van der Waals surface area contributed by atoms with Crippen LogP contribution in [0.1, 0.15) is 15.9 Å². The minimum Gasteiger partial charge on any atom is -0.478 e. The van der Waals surface area contributed by atoms with Gasteiger partial charge in [-0.15, -0.1) is 11.6 Å². The van der Waals surface area contributed by atoms with Gasteiger partial charge < -0.3 is 10.4 Å². The van der Waals surface area contributed by atoms with Crippen LogP contribution in [0.4, 0.5) is 5.69 Å². The van der Waals surface area contributed by atoms with E-state index in [0.717, 1.165) is 0 Å². The number of halogens is 1. The molecule has 0 saturated carbocycles. The Hall–Kier alpha value is -1.55. The number of hydrogen-bond acceptors (Lipinski definition) is 2. The molecule has 80 valence electrons. The summed E-state index contributed by atoms with van der Waals surface area (Å²) in [5, 5.41) is 11.4. The van der Waals surface area contributed by atoms with Crippen LogP contribution in [0.3, 0.4) is 0 Å². The van der Waals surface area contributed by atoms with Crippen LogP contribution in [0.15, 0.2) is 18.2 Å². The third-order valence-electron chi connectivity index (χ3n) is 1.96. The molecule has 0 aromatic heterocycles. The number of nitrogens with one attached hydrogen (secondary N) is 1. The maximum atomic E-state index is 11.0. The van der Waals surface area contributed by atoms with Crippen molar-refractivity contribution in [1.29, 1.82) is 0 Å². The van der Waals surface area contributed by atoms with E-state index in [-0.39, 0.29) is 17.4 Å². The number of anilines is 1. The van der Waals surface area contributed by atoms with E-state index in [2.05, 4.69) is 5.32 Å². The second kappa shape index (κ2) is 4.79. The summed E-state index contributed by atoms with van der Waals surface area (Å²) in [6.45, 7) is 1.63. The monoisotopic (exact) mass is 227 g/mol. The van der Waals surface area contributed by atoms with E-state index in [4.69, 9.17) is 16.7 Å². The summed E-state index contributed by atoms with van der Waals surface area (Å²) in [7, 11) is 0. The molecule has 0 aliphatic heterocycles. The molecule has 0 radical (unpaired) electrons. The van der Waals surface area contributed by atoms with Crippen LogP contribution in [-0.2, 0) is 4.79 Å². The molecule has 0 aliphatic rings. The molecule has 0 unspecified atom stereocenters. The Morgan fingerprint density at radius 3 is 2.67 bits per heavy atom. The fourth-order valence-electron chi connectivity index (χ4n) is 1.19. The van der Waals surface area contributed by atoms with Gasteiger partial charge in [0.25, 0.3) is 0 Å². The lowest BCUT2D eigenvalue weighted by Crippen LogP contribution is -2.14. The van der Waals surface area contributed by atoms with Crippen LogP contribution in [0.25, 0.3) is 0 Å². The Kier molecular flexibility index (Phi) is 3.68. The first kappa shape index (κ1) is 11.5. The fourth-order valence-corrected chi connectivity index (χ4v) is 1.25. The summed E-state index contributed by atoms with van der Waals surface area (Å²) in [6, 6.07) is 4.68. The van der Waals surface area contributed by atoms with Gasteiger partial charge in [0, 0.05) is 5.69 Å². The van der Waals surface area contributed by atoms with Crippen LogP contribution < -0.4 is 5.32 Å². The van der Waals surface area contributed by atoms with Gasteiger partial charge in [-0.25, -0.2) is 4.79 Å². The predicted octanol–water partition coefficient (Wildman–Crippen LogP) is 1.87. The van der Waals surface area contributed by atoms with Gasteiger partial charge in [-0.3, -0.25) is 4.79 Å². The van der Waals surface area contributed by atoms with Crippen LogP contribution >= 0.6 is 11.6 Å². The Morgan fingerprint density at radius 1 is 1.47 bits per heavy atom. The number of aromatic carboxylic acids is 1. The van der Waals surface area contributed by atoms with Crippen molar-refractivity contribution >= 4 is 29.2 Å². The lowest BCUT2D eigenvalue weighted by atomic mass is 10.1. The molecule has 1 amide bonds. The summed E-state index contributed by atoms with van der Waals surface area (Å²) in [5.74, 6) is -1.53. The van der Waals surface area contributed by atoms with Gasteiger partial charge in [0.05, 0.1) is 5.56 Å². The highest BCUT2D eigenvalue weighted by atomic mass is 35.5. The molecule has 0 fully saturated rings. The zero-order valence-corrected chi connectivity index (χ0v) is 8.84. The normalized spacial score (nSPS) is 9.73. The van der Waals surface area contributed by atoms with E-state index in [0.29, 0.717) is 11.3 Å². The van der Waals surface area contributed by atoms with Crippen molar-refractivity contribution in [2.75, 3.05) is 11.2 Å². The van der Waals surface area contributed by atoms with E-state index in [1.807, 2.05) is 0 Å². The number of carbonyl (C=O) groups is 2. The Bertz CT molecular complexity index is 404. The minimum absolute atomic E-state index is 0.156. The van der Waals surface area contributed by atoms with E-state index in [1.165, 1.54) is 6.07 Å². The van der Waals surface area contributed by atoms with Gasteiger partial charge in [0.15, 0.2) is 0 Å². The first-order valence-corrected chi connectivity index (χ1v) is 4.78. The van der Waals surface area contributed by atoms with Crippen molar-refractivity contribution < 1.29 is 14.7 Å². The molecule has 0 atom stereocenters. The number of carbonyl (C=O) groups excluding carboxylic acids is 1. The Labute approximate surface area is 91.9 Å². The van der Waals surface area contributed by atoms with Crippen LogP contribution in [-0.4, -0.2) is 22.9 Å². The molecule has 15 heavy (non-hydrogen) atoms. The standard InChI is InChI=1S/C10H10ClNO3/c1-6-7(10(14)15)3-2-4-8(6)12-9(13)5-11/h2-4H,5H2,1H3,(H,12,13)(H,14,15). The van der Waals surface area contributed by atoms with Crippen molar-refractivity contribution in [2.45, 2.75) is 6.92 Å². The fraction of sp³-hybridized carbons (Fsp3) is 0.200. The van der Waals surface area contributed by atoms with Crippen molar-refractivity contribution in [2.24, 2.45) is 0 Å². The maximum Gasteiger partial charge on any atom is 0.336 e. The number of alkyl halides is 1. The predicted molar refractivity (Wildman–Crippen MR) is 57.5 cm³/mol. The Morgan fingerprint density at radius 2 is 2.13 bits per heavy atom. The lowest BCUT2D eigenvalue weighted by Gasteiger charge is -2.08. The van der Waals surface area contributed by atoms with E-state index < -0.39 is 5.97 Å². The van der Waals surface area contributed by atoms with Crippen LogP contribution in [0.2, 0.25) is 0 Å². The molecule has 4 nitrogen and oxygen atoms in total. The van der Waals surface area contributed by atoms with Gasteiger partial charge in [-0.05, 0) is 24.6 Å². The summed E-state index contributed by atoms with van der Waals surface area (Å²) < 4.78 is 0. The third-order valence-corrected chi connectivity index (χ3v) is 2.20. The zero-order valence-electron chi connectivity index (χ0n) is 8.08. The smallest absolute Gasteiger partial charge is 0.336 e. The Balaban J connectivity index is 3.04. The average Bonchev–Trinajstić information content (AvgIpc) is 2.20. The zero-order chi connectivity index (χ0) is 11.4. The maximum absolute atomic E-state index is 11.0. The number of hydrogen-bond donors (Lipinski definition) is 2. The topological polar surface area (TPSA) is 66.4 Å². The van der Waals surface area contributed by atoms with Gasteiger partial charge in [0.1, 0.15) is 5.88 Å². The minimum atomic E-state index is -1.02. The first-order chi connectivity index (χ1) is 7.06. The number of carboxylic acids is 1. The molecule has 0 saturated heterocycles. The second-order valence-electron chi connectivity index (χ2n) is 2.97. The van der Waals surface area contributed by atoms with Gasteiger partial charge in [-0.1, -0.05) is 6.07 Å². The number of benzene rings is 1. The van der Waals surface area contributed by atoms with Crippen LogP contribution in [0.5, 0.6) is 0 Å². The highest BCUT2D eigenvalue weighted by Gasteiger charge is 2.11. The molecule has 0 bridgehead atoms. The molecule has 1 aromatic rings. The second-order valence-corrected chi connectivity index (χ2v) is 3.23. The van der Waals surface area contributed by atoms with Gasteiger partial charge in [0.2, 0.25) is 5.91 Å². The third kappa shape index (κ3) is 2.70. The summed E-state index contributed by atoms with van der Waals surface area (Å²) in [4.78, 5) is 21.8. The van der Waals surface area contributed by atoms with E-state index in [9.17, 15) is 9.59 Å². The average molecular weight is 228 g/mol. The van der Waals surface area contributed by atoms with Gasteiger partial charge >= 0.3 is 5.97 Å². The van der Waals surface area contributed by atoms with E-state index >= 15 is 0 Å². The molecule has 0 spiro atoms. The van der Waals surface area contributed by atoms with Crippen LogP contribution in [0, 0.1) is 6.92 Å². The summed E-state index contributed by atoms with van der Waals surface area (Å²) >= 11 is 5.33. The molecule has 5 heteroatoms. The highest BCUT2D eigenvalue weighted by molar-refractivity contribution is 6.29. The number of amides is 1. The van der Waals surface area contributed by atoms with Crippen molar-refractivity contribution in [3.63, 3.8) is 0 Å². The molecule has 1 aromatic carbocycles. The van der Waals surface area contributed by atoms with Crippen molar-refractivity contribution in [3.05, 3.63) is 29.3 Å². The molecular weight excluding hydrogens is 218 g/mol. The molecule has 0 heterocycles. The SMILES string of the molecule is Cc1c(NC(=O)CCl)cccc1C(=O)O. The quantitative estimate of drug-likeness (QED) is 0.775. The largest absolute Gasteiger partial charge is 0.478 e. The summed E-state index contributed by atoms with van der Waals surface area (Å²) in [5.41, 5.74) is 1.16. The van der Waals surface area contributed by atoms with Crippen molar-refractivity contribution in [1.82, 2.24) is 0 Å². The molecule has 1 rings (SSSR count). The molecule has 0 aliphatic carbocycles. The molecular formula is C10H10ClNO3. The first-order valence-electron chi connectivity index (χ1n) is 4.25.